The van der Waals surface area contributed by atoms with Gasteiger partial charge in [-0.15, -0.1) is 0 Å². The lowest BCUT2D eigenvalue weighted by atomic mass is 10.1. The maximum absolute atomic E-state index is 11.0. The van der Waals surface area contributed by atoms with Gasteiger partial charge in [0.1, 0.15) is 0 Å². The van der Waals surface area contributed by atoms with Gasteiger partial charge in [0.2, 0.25) is 10.9 Å². The van der Waals surface area contributed by atoms with Crippen LogP contribution in [0.15, 0.2) is 18.3 Å². The van der Waals surface area contributed by atoms with Gasteiger partial charge in [-0.3, -0.25) is 4.79 Å². The van der Waals surface area contributed by atoms with E-state index in [4.69, 9.17) is 26.4 Å². The molecule has 0 saturated heterocycles. The Morgan fingerprint density at radius 3 is 2.71 bits per heavy atom. The molecule has 5 nitrogen and oxygen atoms in total. The van der Waals surface area contributed by atoms with Crippen molar-refractivity contribution in [3.63, 3.8) is 0 Å². The Bertz CT molecular complexity index is 422. The number of methoxy groups -OCH3 is 2. The summed E-state index contributed by atoms with van der Waals surface area (Å²) >= 11 is 5.00. The molecule has 0 N–H and O–H groups in total. The van der Waals surface area contributed by atoms with Crippen LogP contribution < -0.4 is 4.74 Å². The summed E-state index contributed by atoms with van der Waals surface area (Å²) in [6.45, 7) is 1.30. The van der Waals surface area contributed by atoms with Crippen molar-refractivity contribution in [2.75, 3.05) is 14.2 Å². The van der Waals surface area contributed by atoms with Crippen LogP contribution in [0, 0.1) is 0 Å². The summed E-state index contributed by atoms with van der Waals surface area (Å²) in [6.07, 6.45) is 0.777. The minimum Gasteiger partial charge on any atom is -0.487 e. The van der Waals surface area contributed by atoms with Crippen molar-refractivity contribution in [3.8, 4) is 5.88 Å². The van der Waals surface area contributed by atoms with Crippen LogP contribution in [0.4, 0.5) is 0 Å². The molecule has 0 aliphatic heterocycles. The van der Waals surface area contributed by atoms with Crippen molar-refractivity contribution in [1.82, 2.24) is 4.98 Å². The van der Waals surface area contributed by atoms with Gasteiger partial charge in [0, 0.05) is 13.1 Å². The highest BCUT2D eigenvalue weighted by Gasteiger charge is 2.25. The van der Waals surface area contributed by atoms with Gasteiger partial charge in [-0.2, -0.15) is 0 Å². The van der Waals surface area contributed by atoms with Crippen molar-refractivity contribution in [2.24, 2.45) is 0 Å². The van der Waals surface area contributed by atoms with Gasteiger partial charge < -0.3 is 14.2 Å². The third kappa shape index (κ3) is 3.39. The molecule has 0 aromatic carbocycles. The summed E-state index contributed by atoms with van der Waals surface area (Å²) in [5.41, 5.74) is 0.553. The van der Waals surface area contributed by atoms with Crippen molar-refractivity contribution >= 4 is 23.2 Å². The molecule has 17 heavy (non-hydrogen) atoms. The lowest BCUT2D eigenvalue weighted by Crippen LogP contribution is -2.19. The number of aromatic nitrogens is 1. The second kappa shape index (κ2) is 6.15. The van der Waals surface area contributed by atoms with E-state index in [0.717, 1.165) is 0 Å². The average molecular weight is 255 g/mol. The van der Waals surface area contributed by atoms with E-state index >= 15 is 0 Å². The first-order valence-electron chi connectivity index (χ1n) is 4.84. The summed E-state index contributed by atoms with van der Waals surface area (Å²) < 4.78 is 15.1. The van der Waals surface area contributed by atoms with Crippen LogP contribution in [0.1, 0.15) is 18.6 Å². The first-order chi connectivity index (χ1) is 8.10. The number of carbonyl (C=O) groups excluding carboxylic acids is 1. The van der Waals surface area contributed by atoms with Gasteiger partial charge in [-0.05, 0) is 24.4 Å². The Hall–Kier alpha value is -1.69. The Labute approximate surface area is 105 Å². The first kappa shape index (κ1) is 13.4. The van der Waals surface area contributed by atoms with E-state index in [1.807, 2.05) is 0 Å². The van der Waals surface area contributed by atoms with Crippen molar-refractivity contribution in [2.45, 2.75) is 13.0 Å². The minimum absolute atomic E-state index is 0.145. The van der Waals surface area contributed by atoms with Gasteiger partial charge in [-0.25, -0.2) is 4.98 Å². The quantitative estimate of drug-likeness (QED) is 0.602. The zero-order valence-electron chi connectivity index (χ0n) is 9.80. The smallest absolute Gasteiger partial charge is 0.303 e. The first-order valence-corrected chi connectivity index (χ1v) is 5.25. The van der Waals surface area contributed by atoms with Crippen LogP contribution in [0.5, 0.6) is 5.88 Å². The summed E-state index contributed by atoms with van der Waals surface area (Å²) in [6, 6.07) is 3.41. The van der Waals surface area contributed by atoms with E-state index in [-0.39, 0.29) is 5.05 Å². The monoisotopic (exact) mass is 255 g/mol. The molecule has 92 valence electrons. The third-order valence-corrected chi connectivity index (χ3v) is 2.36. The predicted molar refractivity (Wildman–Crippen MR) is 64.9 cm³/mol. The van der Waals surface area contributed by atoms with E-state index in [9.17, 15) is 4.79 Å². The summed E-state index contributed by atoms with van der Waals surface area (Å²) in [7, 11) is 2.90. The average Bonchev–Trinajstić information content (AvgIpc) is 2.34. The lowest BCUT2D eigenvalue weighted by molar-refractivity contribution is -0.144. The van der Waals surface area contributed by atoms with Gasteiger partial charge in [-0.1, -0.05) is 0 Å². The molecular formula is C11H13NO4S. The topological polar surface area (TPSA) is 57.7 Å². The van der Waals surface area contributed by atoms with Gasteiger partial charge >= 0.3 is 5.97 Å². The molecule has 1 aromatic rings. The number of carbonyl (C=O) groups is 1. The highest BCUT2D eigenvalue weighted by molar-refractivity contribution is 7.80. The molecule has 1 unspecified atom stereocenters. The number of hydrogen-bond acceptors (Lipinski definition) is 6. The fourth-order valence-corrected chi connectivity index (χ4v) is 1.46. The second-order valence-electron chi connectivity index (χ2n) is 3.11. The third-order valence-electron chi connectivity index (χ3n) is 1.98. The summed E-state index contributed by atoms with van der Waals surface area (Å²) in [4.78, 5) is 15.1. The number of rotatable bonds is 4. The lowest BCUT2D eigenvalue weighted by Gasteiger charge is -2.18. The van der Waals surface area contributed by atoms with Crippen LogP contribution in [-0.2, 0) is 14.3 Å². The SMILES string of the molecule is COC(=S)C(OC(C)=O)c1cccnc1OC. The Morgan fingerprint density at radius 1 is 1.47 bits per heavy atom. The maximum atomic E-state index is 11.0. The molecule has 1 atom stereocenters. The van der Waals surface area contributed by atoms with Crippen molar-refractivity contribution < 1.29 is 19.0 Å². The molecule has 0 amide bonds. The van der Waals surface area contributed by atoms with Crippen molar-refractivity contribution in [3.05, 3.63) is 23.9 Å². The second-order valence-corrected chi connectivity index (χ2v) is 3.52. The molecule has 6 heteroatoms. The normalized spacial score (nSPS) is 11.5. The van der Waals surface area contributed by atoms with Crippen LogP contribution in [0.3, 0.4) is 0 Å². The molecule has 0 bridgehead atoms. The number of thiocarbonyl (C=S) groups is 1. The zero-order chi connectivity index (χ0) is 12.8. The maximum Gasteiger partial charge on any atom is 0.303 e. The molecule has 1 heterocycles. The largest absolute Gasteiger partial charge is 0.487 e. The highest BCUT2D eigenvalue weighted by Crippen LogP contribution is 2.27. The number of ether oxygens (including phenoxy) is 3. The summed E-state index contributed by atoms with van der Waals surface area (Å²) in [5, 5.41) is 0.145. The standard InChI is InChI=1S/C11H13NO4S/c1-7(13)16-9(11(17)15-3)8-5-4-6-12-10(8)14-2/h4-6,9H,1-3H3. The zero-order valence-corrected chi connectivity index (χ0v) is 10.6. The number of nitrogens with zero attached hydrogens (tertiary/aromatic N) is 1. The Kier molecular flexibility index (Phi) is 4.84. The molecule has 0 fully saturated rings. The van der Waals surface area contributed by atoms with E-state index in [1.54, 1.807) is 18.3 Å². The molecule has 1 rings (SSSR count). The fraction of sp³-hybridized carbons (Fsp3) is 0.364. The molecule has 1 aromatic heterocycles. The van der Waals surface area contributed by atoms with Gasteiger partial charge in [0.05, 0.1) is 19.8 Å². The number of hydrogen-bond donors (Lipinski definition) is 0. The van der Waals surface area contributed by atoms with Gasteiger partial charge in [0.15, 0.2) is 6.10 Å². The molecular weight excluding hydrogens is 242 g/mol. The van der Waals surface area contributed by atoms with E-state index in [1.165, 1.54) is 21.1 Å². The Balaban J connectivity index is 3.11. The Morgan fingerprint density at radius 2 is 2.18 bits per heavy atom. The van der Waals surface area contributed by atoms with Crippen molar-refractivity contribution in [1.29, 1.82) is 0 Å². The minimum atomic E-state index is -0.795. The van der Waals surface area contributed by atoms with E-state index in [2.05, 4.69) is 4.98 Å². The van der Waals surface area contributed by atoms with Crippen LogP contribution >= 0.6 is 12.2 Å². The van der Waals surface area contributed by atoms with E-state index in [0.29, 0.717) is 11.4 Å². The highest BCUT2D eigenvalue weighted by atomic mass is 32.1. The van der Waals surface area contributed by atoms with Crippen LogP contribution in [-0.4, -0.2) is 30.2 Å². The number of esters is 1. The predicted octanol–water partition coefficient (Wildman–Crippen LogP) is 1.67. The fourth-order valence-electron chi connectivity index (χ4n) is 1.28. The van der Waals surface area contributed by atoms with Crippen LogP contribution in [0.2, 0.25) is 0 Å². The van der Waals surface area contributed by atoms with Gasteiger partial charge in [0.25, 0.3) is 0 Å². The summed E-state index contributed by atoms with van der Waals surface area (Å²) in [5.74, 6) is -0.113. The molecule has 0 radical (unpaired) electrons. The molecule has 0 spiro atoms. The molecule has 0 aliphatic rings. The van der Waals surface area contributed by atoms with E-state index < -0.39 is 12.1 Å². The molecule has 0 saturated carbocycles. The van der Waals surface area contributed by atoms with Crippen LogP contribution in [0.25, 0.3) is 0 Å². The number of pyridine rings is 1. The molecule has 0 aliphatic carbocycles.